The molecule has 0 aromatic rings. The molecule has 0 aliphatic heterocycles. The van der Waals surface area contributed by atoms with Gasteiger partial charge >= 0.3 is 37.6 Å². The first kappa shape index (κ1) is 14.8. The second kappa shape index (κ2) is 7.90. The number of rotatable bonds is 4. The Labute approximate surface area is 94.8 Å². The standard InChI is InChI=1S/C6H10NO3P.Na/c1-3-4-7(6(2)8)5-11(9)10;/h3H,1,4-5H2,2H3;/q;+1. The third kappa shape index (κ3) is 6.95. The van der Waals surface area contributed by atoms with E-state index in [4.69, 9.17) is 0 Å². The molecule has 0 aliphatic carbocycles. The molecule has 0 radical (unpaired) electrons. The molecule has 0 aromatic carbocycles. The average Bonchev–Trinajstić information content (AvgIpc) is 1.86. The summed E-state index contributed by atoms with van der Waals surface area (Å²) in [6.45, 7) is 5.00. The molecule has 0 aromatic heterocycles. The molecule has 0 heterocycles. The van der Waals surface area contributed by atoms with Crippen LogP contribution in [-0.2, 0) is 9.36 Å². The van der Waals surface area contributed by atoms with Gasteiger partial charge in [-0.15, -0.1) is 6.58 Å². The summed E-state index contributed by atoms with van der Waals surface area (Å²) in [5, 5.41) is 0. The van der Waals surface area contributed by atoms with Crippen LogP contribution < -0.4 is 34.5 Å². The smallest absolute Gasteiger partial charge is 0.594 e. The van der Waals surface area contributed by atoms with E-state index in [1.54, 1.807) is 0 Å². The third-order valence-electron chi connectivity index (χ3n) is 1.08. The Morgan fingerprint density at radius 1 is 1.75 bits per heavy atom. The molecule has 0 saturated carbocycles. The largest absolute Gasteiger partial charge is 1.00 e. The van der Waals surface area contributed by atoms with Crippen LogP contribution in [0.1, 0.15) is 6.92 Å². The van der Waals surface area contributed by atoms with Gasteiger partial charge in [-0.2, -0.15) is 0 Å². The van der Waals surface area contributed by atoms with Crippen LogP contribution in [0.2, 0.25) is 0 Å². The normalized spacial score (nSPS) is 9.67. The van der Waals surface area contributed by atoms with E-state index in [1.807, 2.05) is 0 Å². The first-order valence-electron chi connectivity index (χ1n) is 3.06. The van der Waals surface area contributed by atoms with E-state index in [-0.39, 0.29) is 48.3 Å². The van der Waals surface area contributed by atoms with Gasteiger partial charge < -0.3 is 4.89 Å². The molecule has 0 bridgehead atoms. The molecule has 4 nitrogen and oxygen atoms in total. The molecule has 0 N–H and O–H groups in total. The molecular formula is C6H10NNaO3P+. The van der Waals surface area contributed by atoms with E-state index in [0.29, 0.717) is 0 Å². The van der Waals surface area contributed by atoms with Crippen LogP contribution in [0.4, 0.5) is 0 Å². The SMILES string of the molecule is C=CCN(C[P+](=O)[O-])C(C)=O.[Na+]. The summed E-state index contributed by atoms with van der Waals surface area (Å²) >= 11 is 0. The zero-order valence-corrected chi connectivity index (χ0v) is 10.2. The molecule has 1 atom stereocenters. The Bertz CT molecular complexity index is 186. The summed E-state index contributed by atoms with van der Waals surface area (Å²) in [7, 11) is -2.53. The van der Waals surface area contributed by atoms with Crippen molar-refractivity contribution in [2.24, 2.45) is 0 Å². The van der Waals surface area contributed by atoms with E-state index in [1.165, 1.54) is 17.9 Å². The fourth-order valence-electron chi connectivity index (χ4n) is 0.581. The van der Waals surface area contributed by atoms with Crippen molar-refractivity contribution in [1.82, 2.24) is 4.90 Å². The van der Waals surface area contributed by atoms with Crippen molar-refractivity contribution in [3.05, 3.63) is 12.7 Å². The Morgan fingerprint density at radius 2 is 2.25 bits per heavy atom. The fraction of sp³-hybridized carbons (Fsp3) is 0.500. The van der Waals surface area contributed by atoms with E-state index in [2.05, 4.69) is 6.58 Å². The predicted octanol–water partition coefficient (Wildman–Crippen LogP) is -2.91. The van der Waals surface area contributed by atoms with Crippen LogP contribution in [0, 0.1) is 0 Å². The topological polar surface area (TPSA) is 60.4 Å². The summed E-state index contributed by atoms with van der Waals surface area (Å²) in [5.41, 5.74) is 0. The quantitative estimate of drug-likeness (QED) is 0.276. The van der Waals surface area contributed by atoms with Crippen molar-refractivity contribution < 1.29 is 43.8 Å². The first-order valence-corrected chi connectivity index (χ1v) is 4.42. The third-order valence-corrected chi connectivity index (χ3v) is 1.65. The van der Waals surface area contributed by atoms with E-state index < -0.39 is 8.03 Å². The molecule has 62 valence electrons. The van der Waals surface area contributed by atoms with Crippen LogP contribution in [0.15, 0.2) is 12.7 Å². The molecule has 0 rings (SSSR count). The van der Waals surface area contributed by atoms with Crippen molar-refractivity contribution in [2.75, 3.05) is 12.8 Å². The van der Waals surface area contributed by atoms with Crippen molar-refractivity contribution in [3.63, 3.8) is 0 Å². The zero-order chi connectivity index (χ0) is 8.85. The number of amides is 1. The second-order valence-electron chi connectivity index (χ2n) is 2.00. The van der Waals surface area contributed by atoms with Gasteiger partial charge in [-0.25, -0.2) is 0 Å². The van der Waals surface area contributed by atoms with Crippen molar-refractivity contribution in [3.8, 4) is 0 Å². The van der Waals surface area contributed by atoms with E-state index in [0.717, 1.165) is 0 Å². The van der Waals surface area contributed by atoms with Gasteiger partial charge in [0.05, 0.1) is 0 Å². The Morgan fingerprint density at radius 3 is 2.50 bits per heavy atom. The predicted molar refractivity (Wildman–Crippen MR) is 40.1 cm³/mol. The Balaban J connectivity index is 0. The molecule has 6 heteroatoms. The number of hydrogen-bond acceptors (Lipinski definition) is 3. The number of hydrogen-bond donors (Lipinski definition) is 0. The number of carbonyl (C=O) groups excluding carboxylic acids is 1. The summed E-state index contributed by atoms with van der Waals surface area (Å²) in [6, 6.07) is 0. The van der Waals surface area contributed by atoms with Crippen molar-refractivity contribution in [1.29, 1.82) is 0 Å². The summed E-state index contributed by atoms with van der Waals surface area (Å²) in [4.78, 5) is 22.1. The minimum absolute atomic E-state index is 0. The van der Waals surface area contributed by atoms with Crippen LogP contribution in [-0.4, -0.2) is 23.6 Å². The van der Waals surface area contributed by atoms with Gasteiger partial charge in [0.2, 0.25) is 12.2 Å². The Hall–Kier alpha value is 0.270. The molecule has 0 spiro atoms. The number of nitrogens with zero attached hydrogens (tertiary/aromatic N) is 1. The second-order valence-corrected chi connectivity index (χ2v) is 2.95. The van der Waals surface area contributed by atoms with E-state index >= 15 is 0 Å². The molecule has 12 heavy (non-hydrogen) atoms. The van der Waals surface area contributed by atoms with E-state index in [9.17, 15) is 14.3 Å². The van der Waals surface area contributed by atoms with Gasteiger partial charge in [-0.1, -0.05) is 10.6 Å². The molecule has 1 amide bonds. The summed E-state index contributed by atoms with van der Waals surface area (Å²) in [6.07, 6.45) is 1.26. The maximum absolute atomic E-state index is 10.7. The minimum Gasteiger partial charge on any atom is -0.594 e. The Kier molecular flexibility index (Phi) is 9.72. The maximum Gasteiger partial charge on any atom is 1.00 e. The van der Waals surface area contributed by atoms with Gasteiger partial charge in [0.25, 0.3) is 0 Å². The summed E-state index contributed by atoms with van der Waals surface area (Å²) < 4.78 is 10.2. The number of carbonyl (C=O) groups is 1. The molecule has 1 unspecified atom stereocenters. The monoisotopic (exact) mass is 198 g/mol. The van der Waals surface area contributed by atoms with Crippen LogP contribution in [0.5, 0.6) is 0 Å². The molecular weight excluding hydrogens is 188 g/mol. The van der Waals surface area contributed by atoms with Gasteiger partial charge in [0.1, 0.15) is 0 Å². The minimum atomic E-state index is -2.53. The van der Waals surface area contributed by atoms with Crippen LogP contribution in [0.3, 0.4) is 0 Å². The summed E-state index contributed by atoms with van der Waals surface area (Å²) in [5.74, 6) is -0.260. The maximum atomic E-state index is 10.7. The van der Waals surface area contributed by atoms with Crippen LogP contribution in [0.25, 0.3) is 0 Å². The average molecular weight is 198 g/mol. The van der Waals surface area contributed by atoms with Gasteiger partial charge in [-0.3, -0.25) is 9.69 Å². The van der Waals surface area contributed by atoms with Gasteiger partial charge in [0, 0.05) is 13.5 Å². The zero-order valence-electron chi connectivity index (χ0n) is 7.32. The van der Waals surface area contributed by atoms with Crippen molar-refractivity contribution >= 4 is 13.9 Å². The molecule has 0 fully saturated rings. The van der Waals surface area contributed by atoms with Crippen molar-refractivity contribution in [2.45, 2.75) is 6.92 Å². The van der Waals surface area contributed by atoms with Gasteiger partial charge in [0.15, 0.2) is 0 Å². The fourth-order valence-corrected chi connectivity index (χ4v) is 1.17. The molecule has 0 aliphatic rings. The first-order chi connectivity index (χ1) is 5.07. The van der Waals surface area contributed by atoms with Crippen LogP contribution >= 0.6 is 8.03 Å². The molecule has 0 saturated heterocycles. The van der Waals surface area contributed by atoms with Gasteiger partial charge in [-0.05, 0) is 0 Å².